The molecule has 24 heavy (non-hydrogen) atoms. The Kier molecular flexibility index (Phi) is 5.82. The summed E-state index contributed by atoms with van der Waals surface area (Å²) in [5.74, 6) is 0.103. The molecule has 2 fully saturated rings. The number of ether oxygens (including phenoxy) is 1. The predicted octanol–water partition coefficient (Wildman–Crippen LogP) is 0.740. The van der Waals surface area contributed by atoms with Gasteiger partial charge in [0.1, 0.15) is 0 Å². The van der Waals surface area contributed by atoms with Crippen LogP contribution in [0.1, 0.15) is 23.2 Å². The first-order valence-corrected chi connectivity index (χ1v) is 8.67. The SMILES string of the molecule is O=C(CN1CCN(C(=O)c2ccccc2)CC1)NCC1CCCO1. The number of piperazine rings is 1. The van der Waals surface area contributed by atoms with Crippen molar-refractivity contribution in [2.75, 3.05) is 45.9 Å². The van der Waals surface area contributed by atoms with Gasteiger partial charge in [-0.05, 0) is 25.0 Å². The summed E-state index contributed by atoms with van der Waals surface area (Å²) < 4.78 is 5.50. The van der Waals surface area contributed by atoms with Gasteiger partial charge in [0.05, 0.1) is 12.6 Å². The molecule has 0 aromatic heterocycles. The number of nitrogens with one attached hydrogen (secondary N) is 1. The topological polar surface area (TPSA) is 61.9 Å². The molecule has 0 bridgehead atoms. The molecule has 0 saturated carbocycles. The van der Waals surface area contributed by atoms with Crippen LogP contribution in [-0.4, -0.2) is 73.6 Å². The van der Waals surface area contributed by atoms with E-state index in [0.717, 1.165) is 38.1 Å². The van der Waals surface area contributed by atoms with Crippen molar-refractivity contribution in [3.8, 4) is 0 Å². The quantitative estimate of drug-likeness (QED) is 0.864. The molecule has 130 valence electrons. The average Bonchev–Trinajstić information content (AvgIpc) is 3.14. The van der Waals surface area contributed by atoms with Crippen molar-refractivity contribution < 1.29 is 14.3 Å². The molecule has 1 aromatic rings. The maximum Gasteiger partial charge on any atom is 0.253 e. The summed E-state index contributed by atoms with van der Waals surface area (Å²) in [7, 11) is 0. The van der Waals surface area contributed by atoms with E-state index in [2.05, 4.69) is 10.2 Å². The lowest BCUT2D eigenvalue weighted by Crippen LogP contribution is -2.51. The van der Waals surface area contributed by atoms with E-state index >= 15 is 0 Å². The molecule has 1 aromatic carbocycles. The van der Waals surface area contributed by atoms with Gasteiger partial charge in [-0.1, -0.05) is 18.2 Å². The second-order valence-electron chi connectivity index (χ2n) is 6.37. The molecule has 6 heteroatoms. The monoisotopic (exact) mass is 331 g/mol. The zero-order valence-electron chi connectivity index (χ0n) is 13.9. The third-order valence-corrected chi connectivity index (χ3v) is 4.60. The molecule has 0 radical (unpaired) electrons. The minimum Gasteiger partial charge on any atom is -0.376 e. The van der Waals surface area contributed by atoms with Gasteiger partial charge in [0.2, 0.25) is 5.91 Å². The lowest BCUT2D eigenvalue weighted by atomic mass is 10.2. The van der Waals surface area contributed by atoms with Crippen LogP contribution in [0.25, 0.3) is 0 Å². The van der Waals surface area contributed by atoms with Crippen LogP contribution in [0.3, 0.4) is 0 Å². The minimum atomic E-state index is 0.0355. The highest BCUT2D eigenvalue weighted by Gasteiger charge is 2.23. The largest absolute Gasteiger partial charge is 0.376 e. The molecule has 2 amide bonds. The van der Waals surface area contributed by atoms with E-state index in [9.17, 15) is 9.59 Å². The molecule has 2 aliphatic rings. The Bertz CT molecular complexity index is 550. The molecule has 2 saturated heterocycles. The van der Waals surface area contributed by atoms with Crippen LogP contribution in [0.15, 0.2) is 30.3 Å². The van der Waals surface area contributed by atoms with Crippen LogP contribution >= 0.6 is 0 Å². The smallest absolute Gasteiger partial charge is 0.253 e. The molecule has 1 N–H and O–H groups in total. The van der Waals surface area contributed by atoms with Crippen LogP contribution in [-0.2, 0) is 9.53 Å². The Labute approximate surface area is 142 Å². The van der Waals surface area contributed by atoms with Crippen molar-refractivity contribution in [3.63, 3.8) is 0 Å². The van der Waals surface area contributed by atoms with Gasteiger partial charge in [-0.2, -0.15) is 0 Å². The predicted molar refractivity (Wildman–Crippen MR) is 90.8 cm³/mol. The Morgan fingerprint density at radius 1 is 1.12 bits per heavy atom. The first-order chi connectivity index (χ1) is 11.7. The summed E-state index contributed by atoms with van der Waals surface area (Å²) in [4.78, 5) is 28.4. The fourth-order valence-corrected chi connectivity index (χ4v) is 3.16. The molecule has 3 rings (SSSR count). The van der Waals surface area contributed by atoms with E-state index in [1.807, 2.05) is 35.2 Å². The lowest BCUT2D eigenvalue weighted by Gasteiger charge is -2.34. The fraction of sp³-hybridized carbons (Fsp3) is 0.556. The number of nitrogens with zero attached hydrogens (tertiary/aromatic N) is 2. The van der Waals surface area contributed by atoms with Crippen LogP contribution in [0.4, 0.5) is 0 Å². The summed E-state index contributed by atoms with van der Waals surface area (Å²) in [6.07, 6.45) is 2.28. The van der Waals surface area contributed by atoms with Gasteiger partial charge in [-0.15, -0.1) is 0 Å². The number of rotatable bonds is 5. The maximum atomic E-state index is 12.4. The molecule has 2 aliphatic heterocycles. The minimum absolute atomic E-state index is 0.0355. The van der Waals surface area contributed by atoms with Crippen molar-refractivity contribution in [2.45, 2.75) is 18.9 Å². The molecule has 2 heterocycles. The first-order valence-electron chi connectivity index (χ1n) is 8.67. The van der Waals surface area contributed by atoms with Crippen molar-refractivity contribution >= 4 is 11.8 Å². The van der Waals surface area contributed by atoms with Crippen molar-refractivity contribution in [3.05, 3.63) is 35.9 Å². The van der Waals surface area contributed by atoms with Crippen molar-refractivity contribution in [1.29, 1.82) is 0 Å². The molecule has 1 atom stereocenters. The number of benzene rings is 1. The maximum absolute atomic E-state index is 12.4. The van der Waals surface area contributed by atoms with Gasteiger partial charge in [-0.25, -0.2) is 0 Å². The molecular weight excluding hydrogens is 306 g/mol. The van der Waals surface area contributed by atoms with Gasteiger partial charge < -0.3 is 15.0 Å². The third kappa shape index (κ3) is 4.55. The zero-order chi connectivity index (χ0) is 16.8. The number of carbonyl (C=O) groups is 2. The lowest BCUT2D eigenvalue weighted by molar-refractivity contribution is -0.123. The molecule has 0 aliphatic carbocycles. The van der Waals surface area contributed by atoms with E-state index in [1.54, 1.807) is 0 Å². The zero-order valence-corrected chi connectivity index (χ0v) is 13.9. The Balaban J connectivity index is 1.38. The van der Waals surface area contributed by atoms with E-state index in [4.69, 9.17) is 4.74 Å². The number of hydrogen-bond donors (Lipinski definition) is 1. The van der Waals surface area contributed by atoms with E-state index in [0.29, 0.717) is 26.2 Å². The molecule has 1 unspecified atom stereocenters. The highest BCUT2D eigenvalue weighted by molar-refractivity contribution is 5.94. The fourth-order valence-electron chi connectivity index (χ4n) is 3.16. The van der Waals surface area contributed by atoms with E-state index in [-0.39, 0.29) is 17.9 Å². The van der Waals surface area contributed by atoms with Crippen LogP contribution in [0, 0.1) is 0 Å². The van der Waals surface area contributed by atoms with Gasteiger partial charge >= 0.3 is 0 Å². The summed E-state index contributed by atoms with van der Waals surface area (Å²) in [5.41, 5.74) is 0.722. The number of amides is 2. The Morgan fingerprint density at radius 3 is 2.54 bits per heavy atom. The summed E-state index contributed by atoms with van der Waals surface area (Å²) in [6.45, 7) is 4.57. The molecular formula is C18H25N3O3. The van der Waals surface area contributed by atoms with Crippen LogP contribution in [0.2, 0.25) is 0 Å². The van der Waals surface area contributed by atoms with Gasteiger partial charge in [0.25, 0.3) is 5.91 Å². The Hall–Kier alpha value is -1.92. The molecule has 6 nitrogen and oxygen atoms in total. The van der Waals surface area contributed by atoms with Crippen LogP contribution < -0.4 is 5.32 Å². The highest BCUT2D eigenvalue weighted by atomic mass is 16.5. The molecule has 0 spiro atoms. The highest BCUT2D eigenvalue weighted by Crippen LogP contribution is 2.11. The van der Waals surface area contributed by atoms with Gasteiger partial charge in [0.15, 0.2) is 0 Å². The summed E-state index contributed by atoms with van der Waals surface area (Å²) >= 11 is 0. The van der Waals surface area contributed by atoms with Crippen LogP contribution in [0.5, 0.6) is 0 Å². The number of hydrogen-bond acceptors (Lipinski definition) is 4. The standard InChI is InChI=1S/C18H25N3O3/c22-17(19-13-16-7-4-12-24-16)14-20-8-10-21(11-9-20)18(23)15-5-2-1-3-6-15/h1-3,5-6,16H,4,7-14H2,(H,19,22). The number of carbonyl (C=O) groups excluding carboxylic acids is 2. The normalized spacial score (nSPS) is 21.7. The van der Waals surface area contributed by atoms with Crippen molar-refractivity contribution in [2.24, 2.45) is 0 Å². The second-order valence-corrected chi connectivity index (χ2v) is 6.37. The van der Waals surface area contributed by atoms with E-state index < -0.39 is 0 Å². The summed E-state index contributed by atoms with van der Waals surface area (Å²) in [5, 5.41) is 2.95. The summed E-state index contributed by atoms with van der Waals surface area (Å²) in [6, 6.07) is 9.34. The van der Waals surface area contributed by atoms with Gasteiger partial charge in [-0.3, -0.25) is 14.5 Å². The first kappa shape index (κ1) is 16.9. The van der Waals surface area contributed by atoms with E-state index in [1.165, 1.54) is 0 Å². The third-order valence-electron chi connectivity index (χ3n) is 4.60. The second kappa shape index (κ2) is 8.26. The van der Waals surface area contributed by atoms with Gasteiger partial charge in [0, 0.05) is 44.9 Å². The van der Waals surface area contributed by atoms with Crippen molar-refractivity contribution in [1.82, 2.24) is 15.1 Å². The average molecular weight is 331 g/mol. The Morgan fingerprint density at radius 2 is 1.88 bits per heavy atom.